The maximum atomic E-state index is 12.7. The van der Waals surface area contributed by atoms with E-state index in [0.717, 1.165) is 61.7 Å². The monoisotopic (exact) mass is 918 g/mol. The van der Waals surface area contributed by atoms with E-state index in [1.54, 1.807) is 55.5 Å². The second kappa shape index (κ2) is 21.5. The molecule has 4 aromatic carbocycles. The van der Waals surface area contributed by atoms with Crippen molar-refractivity contribution >= 4 is 70.0 Å². The van der Waals surface area contributed by atoms with Crippen LogP contribution in [-0.4, -0.2) is 82.3 Å². The normalized spacial score (nSPS) is 23.4. The molecule has 4 aliphatic heterocycles. The Labute approximate surface area is 384 Å². The van der Waals surface area contributed by atoms with Crippen LogP contribution >= 0.6 is 46.4 Å². The molecule has 0 aromatic heterocycles. The molecule has 4 aromatic rings. The zero-order valence-corrected chi connectivity index (χ0v) is 37.8. The Bertz CT molecular complexity index is 2160. The molecule has 14 heteroatoms. The molecular formula is C48H54Cl4N6O4. The molecular weight excluding hydrogens is 866 g/mol. The summed E-state index contributed by atoms with van der Waals surface area (Å²) in [6.45, 7) is 3.86. The molecule has 4 fully saturated rings. The van der Waals surface area contributed by atoms with Gasteiger partial charge < -0.3 is 21.3 Å². The number of halogens is 4. The predicted octanol–water partition coefficient (Wildman–Crippen LogP) is 8.85. The van der Waals surface area contributed by atoms with E-state index in [9.17, 15) is 19.2 Å². The van der Waals surface area contributed by atoms with Crippen LogP contribution < -0.4 is 21.3 Å². The summed E-state index contributed by atoms with van der Waals surface area (Å²) in [4.78, 5) is 54.8. The summed E-state index contributed by atoms with van der Waals surface area (Å²) in [6.07, 6.45) is 8.77. The van der Waals surface area contributed by atoms with Gasteiger partial charge in [-0.2, -0.15) is 0 Å². The van der Waals surface area contributed by atoms with Crippen molar-refractivity contribution in [3.8, 4) is 0 Å². The molecule has 4 amide bonds. The smallest absolute Gasteiger partial charge is 0.251 e. The van der Waals surface area contributed by atoms with E-state index in [4.69, 9.17) is 46.4 Å². The van der Waals surface area contributed by atoms with Crippen LogP contribution in [0, 0.1) is 0 Å². The predicted molar refractivity (Wildman–Crippen MR) is 247 cm³/mol. The number of benzene rings is 4. The number of amides is 4. The number of rotatable bonds is 13. The molecule has 7 atom stereocenters. The number of nitrogens with one attached hydrogen (secondary N) is 4. The Morgan fingerprint density at radius 1 is 0.581 bits per heavy atom. The topological polar surface area (TPSA) is 123 Å². The third-order valence-corrected chi connectivity index (χ3v) is 13.6. The number of nitrogens with zero attached hydrogens (tertiary/aromatic N) is 2. The zero-order valence-electron chi connectivity index (χ0n) is 34.8. The van der Waals surface area contributed by atoms with Crippen LogP contribution in [0.1, 0.15) is 96.6 Å². The van der Waals surface area contributed by atoms with Gasteiger partial charge in [0, 0.05) is 93.5 Å². The Balaban J connectivity index is 0.000000186. The quantitative estimate of drug-likeness (QED) is 0.106. The molecule has 0 radical (unpaired) electrons. The fourth-order valence-corrected chi connectivity index (χ4v) is 10.2. The Kier molecular flexibility index (Phi) is 15.9. The van der Waals surface area contributed by atoms with Gasteiger partial charge in [0.1, 0.15) is 6.04 Å². The zero-order chi connectivity index (χ0) is 43.8. The fourth-order valence-electron chi connectivity index (χ4n) is 9.52. The van der Waals surface area contributed by atoms with Gasteiger partial charge in [-0.3, -0.25) is 29.0 Å². The van der Waals surface area contributed by atoms with E-state index in [0.29, 0.717) is 51.9 Å². The van der Waals surface area contributed by atoms with Crippen LogP contribution in [-0.2, 0) is 22.7 Å². The lowest BCUT2D eigenvalue weighted by atomic mass is 9.96. The van der Waals surface area contributed by atoms with Crippen LogP contribution in [0.15, 0.2) is 97.1 Å². The molecule has 4 heterocycles. The third kappa shape index (κ3) is 12.5. The highest BCUT2D eigenvalue weighted by Crippen LogP contribution is 2.38. The molecule has 4 N–H and O–H groups in total. The molecule has 62 heavy (non-hydrogen) atoms. The summed E-state index contributed by atoms with van der Waals surface area (Å²) in [6, 6.07) is 31.2. The van der Waals surface area contributed by atoms with E-state index in [1.807, 2.05) is 24.3 Å². The van der Waals surface area contributed by atoms with Crippen molar-refractivity contribution in [3.63, 3.8) is 0 Å². The summed E-state index contributed by atoms with van der Waals surface area (Å²) in [7, 11) is 0. The molecule has 4 saturated heterocycles. The lowest BCUT2D eigenvalue weighted by Gasteiger charge is -2.39. The first kappa shape index (κ1) is 45.9. The number of piperidine rings is 2. The minimum atomic E-state index is -0.615. The van der Waals surface area contributed by atoms with Crippen LogP contribution in [0.25, 0.3) is 0 Å². The summed E-state index contributed by atoms with van der Waals surface area (Å²) in [5, 5.41) is 14.4. The molecule has 2 unspecified atom stereocenters. The number of carbonyl (C=O) groups excluding carboxylic acids is 4. The van der Waals surface area contributed by atoms with Gasteiger partial charge in [0.25, 0.3) is 11.8 Å². The second-order valence-corrected chi connectivity index (χ2v) is 18.7. The van der Waals surface area contributed by atoms with Gasteiger partial charge in [-0.1, -0.05) is 82.8 Å². The minimum absolute atomic E-state index is 0.0121. The van der Waals surface area contributed by atoms with E-state index in [1.165, 1.54) is 24.0 Å². The molecule has 4 aliphatic rings. The highest BCUT2D eigenvalue weighted by Gasteiger charge is 2.42. The summed E-state index contributed by atoms with van der Waals surface area (Å²) in [5.41, 5.74) is 3.48. The van der Waals surface area contributed by atoms with Crippen molar-refractivity contribution in [1.82, 2.24) is 31.1 Å². The van der Waals surface area contributed by atoms with Gasteiger partial charge in [0.15, 0.2) is 0 Å². The van der Waals surface area contributed by atoms with Crippen molar-refractivity contribution in [2.75, 3.05) is 6.54 Å². The van der Waals surface area contributed by atoms with E-state index in [-0.39, 0.29) is 42.1 Å². The molecule has 0 saturated carbocycles. The van der Waals surface area contributed by atoms with Crippen molar-refractivity contribution in [2.45, 2.75) is 120 Å². The van der Waals surface area contributed by atoms with Crippen LogP contribution in [0.5, 0.6) is 0 Å². The first-order chi connectivity index (χ1) is 29.9. The minimum Gasteiger partial charge on any atom is -0.353 e. The van der Waals surface area contributed by atoms with Crippen molar-refractivity contribution < 1.29 is 19.2 Å². The summed E-state index contributed by atoms with van der Waals surface area (Å²) < 4.78 is 0. The number of carbonyl (C=O) groups is 4. The second-order valence-electron chi connectivity index (χ2n) is 17.0. The SMILES string of the molecule is C[C@H](NC(=O)c1cccc(Cl)c1)C(=O)NC1C[C@H]2CC[C@@H](C1)N2Cc1ccc(Cl)cc1.O=C(CCNC(=O)c1cccc(Cl)c1)NC1C[C@H]2CC[C@@H](C1)N2Cc1ccc(Cl)cc1. The van der Waals surface area contributed by atoms with Crippen molar-refractivity contribution in [3.05, 3.63) is 139 Å². The molecule has 4 bridgehead atoms. The van der Waals surface area contributed by atoms with Gasteiger partial charge >= 0.3 is 0 Å². The average molecular weight is 921 g/mol. The number of hydrogen-bond acceptors (Lipinski definition) is 6. The van der Waals surface area contributed by atoms with Crippen molar-refractivity contribution in [2.24, 2.45) is 0 Å². The number of fused-ring (bicyclic) bond motifs is 4. The van der Waals surface area contributed by atoms with Gasteiger partial charge in [-0.05, 0) is 130 Å². The maximum absolute atomic E-state index is 12.7. The summed E-state index contributed by atoms with van der Waals surface area (Å²) >= 11 is 23.9. The first-order valence-electron chi connectivity index (χ1n) is 21.6. The fraction of sp³-hybridized carbons (Fsp3) is 0.417. The molecule has 328 valence electrons. The lowest BCUT2D eigenvalue weighted by molar-refractivity contribution is -0.124. The highest BCUT2D eigenvalue weighted by molar-refractivity contribution is 6.31. The Morgan fingerprint density at radius 2 is 1.02 bits per heavy atom. The maximum Gasteiger partial charge on any atom is 0.251 e. The van der Waals surface area contributed by atoms with Crippen LogP contribution in [0.2, 0.25) is 20.1 Å². The first-order valence-corrected chi connectivity index (χ1v) is 23.1. The lowest BCUT2D eigenvalue weighted by Crippen LogP contribution is -2.53. The van der Waals surface area contributed by atoms with Gasteiger partial charge in [-0.25, -0.2) is 0 Å². The van der Waals surface area contributed by atoms with E-state index < -0.39 is 6.04 Å². The standard InChI is InChI=1S/2C24H27Cl2N3O2/c1-15(27-24(31)17-3-2-4-19(26)11-17)23(30)28-20-12-21-9-10-22(13-20)29(21)14-16-5-7-18(25)8-6-16;25-18-6-4-16(5-7-18)15-29-21-8-9-22(29)14-20(13-21)28-23(30)10-11-27-24(31)17-2-1-3-19(26)12-17/h2-8,11,15,20-22H,9-10,12-14H2,1H3,(H,27,31)(H,28,30);1-7,12,20-22H,8-11,13-15H2,(H,27,31)(H,28,30)/t15-,20?,21-,22+;20?,21-,22+/m0./s1. The van der Waals surface area contributed by atoms with E-state index >= 15 is 0 Å². The number of hydrogen-bond donors (Lipinski definition) is 4. The van der Waals surface area contributed by atoms with E-state index in [2.05, 4.69) is 55.3 Å². The molecule has 0 aliphatic carbocycles. The molecule has 10 nitrogen and oxygen atoms in total. The van der Waals surface area contributed by atoms with Gasteiger partial charge in [0.2, 0.25) is 11.8 Å². The highest BCUT2D eigenvalue weighted by atomic mass is 35.5. The Hall–Kier alpha value is -4.16. The summed E-state index contributed by atoms with van der Waals surface area (Å²) in [5.74, 6) is -0.681. The van der Waals surface area contributed by atoms with Gasteiger partial charge in [-0.15, -0.1) is 0 Å². The average Bonchev–Trinajstić information content (AvgIpc) is 3.61. The van der Waals surface area contributed by atoms with Crippen molar-refractivity contribution in [1.29, 1.82) is 0 Å². The third-order valence-electron chi connectivity index (χ3n) is 12.6. The van der Waals surface area contributed by atoms with Gasteiger partial charge in [0.05, 0.1) is 0 Å². The molecule has 0 spiro atoms. The largest absolute Gasteiger partial charge is 0.353 e. The Morgan fingerprint density at radius 3 is 1.47 bits per heavy atom. The molecule has 8 rings (SSSR count). The van der Waals surface area contributed by atoms with Crippen LogP contribution in [0.4, 0.5) is 0 Å². The van der Waals surface area contributed by atoms with Crippen LogP contribution in [0.3, 0.4) is 0 Å².